The van der Waals surface area contributed by atoms with E-state index in [1.54, 1.807) is 0 Å². The Morgan fingerprint density at radius 2 is 2.00 bits per heavy atom. The number of nitrogens with two attached hydrogens (primary N) is 1. The van der Waals surface area contributed by atoms with Gasteiger partial charge in [0.15, 0.2) is 0 Å². The first-order valence-electron chi connectivity index (χ1n) is 5.38. The maximum absolute atomic E-state index is 10.5. The second-order valence-corrected chi connectivity index (χ2v) is 5.20. The molecule has 0 saturated heterocycles. The van der Waals surface area contributed by atoms with Crippen molar-refractivity contribution in [1.29, 1.82) is 0 Å². The minimum Gasteiger partial charge on any atom is -0.491 e. The van der Waals surface area contributed by atoms with Crippen molar-refractivity contribution in [2.75, 3.05) is 0 Å². The predicted octanol–water partition coefficient (Wildman–Crippen LogP) is 2.33. The summed E-state index contributed by atoms with van der Waals surface area (Å²) < 4.78 is 5.50. The third-order valence-electron chi connectivity index (χ3n) is 1.86. The summed E-state index contributed by atoms with van der Waals surface area (Å²) in [6.07, 6.45) is 0.0947. The van der Waals surface area contributed by atoms with Gasteiger partial charge in [-0.25, -0.2) is 0 Å². The molecule has 4 nitrogen and oxygen atoms in total. The highest BCUT2D eigenvalue weighted by Gasteiger charge is 2.09. The monoisotopic (exact) mass is 255 g/mol. The first-order chi connectivity index (χ1) is 7.97. The largest absolute Gasteiger partial charge is 0.491 e. The lowest BCUT2D eigenvalue weighted by Crippen LogP contribution is -2.19. The Hall–Kier alpha value is -1.20. The Morgan fingerprint density at radius 3 is 2.47 bits per heavy atom. The molecule has 0 bridgehead atoms. The number of ether oxygens (including phenoxy) is 1. The SMILES string of the molecule is CC(C)Oc1ccc(SC(N)CC(=O)O)cc1. The predicted molar refractivity (Wildman–Crippen MR) is 68.3 cm³/mol. The Labute approximate surface area is 105 Å². The van der Waals surface area contributed by atoms with Crippen LogP contribution in [0.15, 0.2) is 29.2 Å². The summed E-state index contributed by atoms with van der Waals surface area (Å²) in [5, 5.41) is 8.17. The lowest BCUT2D eigenvalue weighted by Gasteiger charge is -2.11. The molecule has 1 aromatic rings. The van der Waals surface area contributed by atoms with Crippen LogP contribution >= 0.6 is 11.8 Å². The quantitative estimate of drug-likeness (QED) is 0.603. The van der Waals surface area contributed by atoms with E-state index in [-0.39, 0.29) is 12.5 Å². The van der Waals surface area contributed by atoms with Gasteiger partial charge in [0.25, 0.3) is 0 Å². The molecule has 1 atom stereocenters. The summed E-state index contributed by atoms with van der Waals surface area (Å²) in [6, 6.07) is 7.47. The van der Waals surface area contributed by atoms with E-state index < -0.39 is 11.3 Å². The van der Waals surface area contributed by atoms with Crippen molar-refractivity contribution in [3.8, 4) is 5.75 Å². The highest BCUT2D eigenvalue weighted by atomic mass is 32.2. The van der Waals surface area contributed by atoms with Crippen molar-refractivity contribution in [3.63, 3.8) is 0 Å². The van der Waals surface area contributed by atoms with Crippen LogP contribution in [0, 0.1) is 0 Å². The van der Waals surface area contributed by atoms with E-state index in [0.717, 1.165) is 10.6 Å². The molecule has 17 heavy (non-hydrogen) atoms. The van der Waals surface area contributed by atoms with Crippen LogP contribution in [0.1, 0.15) is 20.3 Å². The van der Waals surface area contributed by atoms with E-state index >= 15 is 0 Å². The molecule has 1 rings (SSSR count). The van der Waals surface area contributed by atoms with Crippen LogP contribution in [0.3, 0.4) is 0 Å². The molecule has 0 aromatic heterocycles. The number of hydrogen-bond acceptors (Lipinski definition) is 4. The lowest BCUT2D eigenvalue weighted by molar-refractivity contribution is -0.136. The molecule has 3 N–H and O–H groups in total. The van der Waals surface area contributed by atoms with Gasteiger partial charge in [-0.3, -0.25) is 4.79 Å². The number of thioether (sulfide) groups is 1. The van der Waals surface area contributed by atoms with Crippen LogP contribution < -0.4 is 10.5 Å². The average molecular weight is 255 g/mol. The first-order valence-corrected chi connectivity index (χ1v) is 6.26. The van der Waals surface area contributed by atoms with E-state index in [0.29, 0.717) is 0 Å². The molecule has 0 aliphatic heterocycles. The van der Waals surface area contributed by atoms with Gasteiger partial charge in [-0.05, 0) is 38.1 Å². The molecular weight excluding hydrogens is 238 g/mol. The number of carboxylic acids is 1. The van der Waals surface area contributed by atoms with Crippen LogP contribution in [-0.4, -0.2) is 22.6 Å². The van der Waals surface area contributed by atoms with Gasteiger partial charge in [-0.2, -0.15) is 0 Å². The van der Waals surface area contributed by atoms with Crippen LogP contribution in [0.2, 0.25) is 0 Å². The Kier molecular flexibility index (Phi) is 5.31. The highest BCUT2D eigenvalue weighted by Crippen LogP contribution is 2.25. The summed E-state index contributed by atoms with van der Waals surface area (Å²) in [5.41, 5.74) is 5.68. The van der Waals surface area contributed by atoms with E-state index in [4.69, 9.17) is 15.6 Å². The highest BCUT2D eigenvalue weighted by molar-refractivity contribution is 7.99. The Bertz CT molecular complexity index is 365. The van der Waals surface area contributed by atoms with Crippen molar-refractivity contribution >= 4 is 17.7 Å². The Balaban J connectivity index is 2.53. The second-order valence-electron chi connectivity index (χ2n) is 3.89. The maximum Gasteiger partial charge on any atom is 0.305 e. The van der Waals surface area contributed by atoms with E-state index in [1.165, 1.54) is 11.8 Å². The molecule has 5 heteroatoms. The van der Waals surface area contributed by atoms with Crippen LogP contribution in [0.4, 0.5) is 0 Å². The summed E-state index contributed by atoms with van der Waals surface area (Å²) in [5.74, 6) is -0.0825. The Morgan fingerprint density at radius 1 is 1.41 bits per heavy atom. The zero-order valence-electron chi connectivity index (χ0n) is 9.92. The van der Waals surface area contributed by atoms with Crippen molar-refractivity contribution < 1.29 is 14.6 Å². The maximum atomic E-state index is 10.5. The van der Waals surface area contributed by atoms with Gasteiger partial charge >= 0.3 is 5.97 Å². The molecule has 1 unspecified atom stereocenters. The number of rotatable bonds is 6. The fraction of sp³-hybridized carbons (Fsp3) is 0.417. The third kappa shape index (κ3) is 5.60. The van der Waals surface area contributed by atoms with E-state index in [1.807, 2.05) is 38.1 Å². The van der Waals surface area contributed by atoms with Gasteiger partial charge in [0.1, 0.15) is 5.75 Å². The minimum atomic E-state index is -0.884. The van der Waals surface area contributed by atoms with Crippen molar-refractivity contribution in [2.45, 2.75) is 36.6 Å². The molecular formula is C12H17NO3S. The topological polar surface area (TPSA) is 72.5 Å². The van der Waals surface area contributed by atoms with Crippen LogP contribution in [-0.2, 0) is 4.79 Å². The van der Waals surface area contributed by atoms with Gasteiger partial charge in [0, 0.05) is 4.90 Å². The molecule has 0 aliphatic carbocycles. The minimum absolute atomic E-state index is 0.0467. The second kappa shape index (κ2) is 6.51. The standard InChI is InChI=1S/C12H17NO3S/c1-8(2)16-9-3-5-10(6-4-9)17-11(13)7-12(14)15/h3-6,8,11H,7,13H2,1-2H3,(H,14,15). The molecule has 0 amide bonds. The summed E-state index contributed by atoms with van der Waals surface area (Å²) in [7, 11) is 0. The molecule has 94 valence electrons. The average Bonchev–Trinajstić information content (AvgIpc) is 2.18. The third-order valence-corrected chi connectivity index (χ3v) is 2.87. The van der Waals surface area contributed by atoms with E-state index in [2.05, 4.69) is 0 Å². The van der Waals surface area contributed by atoms with Gasteiger partial charge in [0.05, 0.1) is 17.9 Å². The van der Waals surface area contributed by atoms with Gasteiger partial charge < -0.3 is 15.6 Å². The number of benzene rings is 1. The molecule has 0 saturated carbocycles. The summed E-state index contributed by atoms with van der Waals surface area (Å²) >= 11 is 1.34. The zero-order chi connectivity index (χ0) is 12.8. The van der Waals surface area contributed by atoms with Crippen molar-refractivity contribution in [2.24, 2.45) is 5.73 Å². The summed E-state index contributed by atoms with van der Waals surface area (Å²) in [6.45, 7) is 3.93. The summed E-state index contributed by atoms with van der Waals surface area (Å²) in [4.78, 5) is 11.4. The van der Waals surface area contributed by atoms with Crippen LogP contribution in [0.25, 0.3) is 0 Å². The van der Waals surface area contributed by atoms with E-state index in [9.17, 15) is 4.79 Å². The molecule has 0 aliphatic rings. The zero-order valence-corrected chi connectivity index (χ0v) is 10.7. The van der Waals surface area contributed by atoms with Gasteiger partial charge in [0.2, 0.25) is 0 Å². The normalized spacial score (nSPS) is 12.5. The lowest BCUT2D eigenvalue weighted by atomic mass is 10.3. The number of aliphatic carboxylic acids is 1. The van der Waals surface area contributed by atoms with Crippen LogP contribution in [0.5, 0.6) is 5.75 Å². The van der Waals surface area contributed by atoms with Crippen molar-refractivity contribution in [3.05, 3.63) is 24.3 Å². The number of carbonyl (C=O) groups is 1. The number of carboxylic acid groups (broad SMARTS) is 1. The van der Waals surface area contributed by atoms with Gasteiger partial charge in [-0.15, -0.1) is 11.8 Å². The molecule has 0 heterocycles. The number of hydrogen-bond donors (Lipinski definition) is 2. The molecule has 0 spiro atoms. The van der Waals surface area contributed by atoms with Crippen molar-refractivity contribution in [1.82, 2.24) is 0 Å². The molecule has 0 radical (unpaired) electrons. The van der Waals surface area contributed by atoms with Gasteiger partial charge in [-0.1, -0.05) is 0 Å². The molecule has 0 fully saturated rings. The smallest absolute Gasteiger partial charge is 0.305 e. The fourth-order valence-electron chi connectivity index (χ4n) is 1.26. The fourth-order valence-corrected chi connectivity index (χ4v) is 2.13. The molecule has 1 aromatic carbocycles. The first kappa shape index (κ1) is 13.9.